The molecule has 6 heteroatoms. The predicted molar refractivity (Wildman–Crippen MR) is 55.1 cm³/mol. The zero-order valence-corrected chi connectivity index (χ0v) is 12.2. The normalized spacial score (nSPS) is 14.9. The van der Waals surface area contributed by atoms with E-state index in [-0.39, 0.29) is 42.4 Å². The first-order chi connectivity index (χ1) is 6.89. The Morgan fingerprint density at radius 2 is 1.81 bits per heavy atom. The van der Waals surface area contributed by atoms with Crippen molar-refractivity contribution in [3.05, 3.63) is 35.9 Å². The van der Waals surface area contributed by atoms with E-state index in [4.69, 9.17) is 0 Å². The summed E-state index contributed by atoms with van der Waals surface area (Å²) < 4.78 is 32.6. The van der Waals surface area contributed by atoms with Gasteiger partial charge >= 0.3 is 29.6 Å². The van der Waals surface area contributed by atoms with E-state index in [1.807, 2.05) is 0 Å². The monoisotopic (exact) mass is 252 g/mol. The molecule has 0 aliphatic carbocycles. The molecule has 4 nitrogen and oxygen atoms in total. The molecule has 0 heterocycles. The maximum absolute atomic E-state index is 10.9. The topological polar surface area (TPSA) is 77.4 Å². The van der Waals surface area contributed by atoms with E-state index in [9.17, 15) is 18.1 Å². The van der Waals surface area contributed by atoms with E-state index in [0.29, 0.717) is 5.56 Å². The molecular weight excluding hydrogens is 239 g/mol. The zero-order chi connectivity index (χ0) is 11.5. The van der Waals surface area contributed by atoms with Crippen molar-refractivity contribution in [2.75, 3.05) is 0 Å². The van der Waals surface area contributed by atoms with Crippen LogP contribution in [0.5, 0.6) is 0 Å². The Kier molecular flexibility index (Phi) is 6.17. The van der Waals surface area contributed by atoms with Gasteiger partial charge in [0.25, 0.3) is 0 Å². The van der Waals surface area contributed by atoms with E-state index < -0.39 is 15.1 Å². The minimum atomic E-state index is -4.71. The van der Waals surface area contributed by atoms with Crippen LogP contribution in [0.3, 0.4) is 0 Å². The van der Waals surface area contributed by atoms with Gasteiger partial charge in [-0.3, -0.25) is 0 Å². The number of hydrogen-bond acceptors (Lipinski definition) is 4. The molecule has 0 aromatic heterocycles. The minimum absolute atomic E-state index is 0. The summed E-state index contributed by atoms with van der Waals surface area (Å²) in [5, 5.41) is 9.71. The van der Waals surface area contributed by atoms with E-state index in [1.165, 1.54) is 6.92 Å². The summed E-state index contributed by atoms with van der Waals surface area (Å²) in [7, 11) is -4.71. The fourth-order valence-corrected chi connectivity index (χ4v) is 2.00. The zero-order valence-electron chi connectivity index (χ0n) is 9.38. The predicted octanol–water partition coefficient (Wildman–Crippen LogP) is -2.12. The van der Waals surface area contributed by atoms with Crippen LogP contribution in [-0.2, 0) is 16.5 Å². The molecule has 0 spiro atoms. The third-order valence-corrected chi connectivity index (χ3v) is 3.70. The van der Waals surface area contributed by atoms with Gasteiger partial charge in [-0.1, -0.05) is 37.3 Å². The first-order valence-electron chi connectivity index (χ1n) is 4.61. The van der Waals surface area contributed by atoms with Crippen LogP contribution in [0.4, 0.5) is 0 Å². The fraction of sp³-hybridized carbons (Fsp3) is 0.400. The molecule has 0 bridgehead atoms. The Balaban J connectivity index is 0.00000225. The maximum Gasteiger partial charge on any atom is 1.00 e. The van der Waals surface area contributed by atoms with Crippen molar-refractivity contribution in [2.45, 2.75) is 24.7 Å². The van der Waals surface area contributed by atoms with Crippen LogP contribution < -0.4 is 29.6 Å². The largest absolute Gasteiger partial charge is 1.00 e. The smallest absolute Gasteiger partial charge is 0.746 e. The number of hydrogen-bond donors (Lipinski definition) is 1. The second-order valence-corrected chi connectivity index (χ2v) is 5.08. The number of aliphatic hydroxyl groups is 1. The van der Waals surface area contributed by atoms with Crippen molar-refractivity contribution >= 4 is 10.1 Å². The van der Waals surface area contributed by atoms with Gasteiger partial charge in [-0.05, 0) is 12.0 Å². The molecular formula is C10H13NaO4S. The van der Waals surface area contributed by atoms with Crippen LogP contribution in [0.2, 0.25) is 0 Å². The molecule has 16 heavy (non-hydrogen) atoms. The average Bonchev–Trinajstić information content (AvgIpc) is 2.17. The first-order valence-corrected chi connectivity index (χ1v) is 6.01. The van der Waals surface area contributed by atoms with Gasteiger partial charge in [0.15, 0.2) is 4.93 Å². The van der Waals surface area contributed by atoms with Gasteiger partial charge in [0, 0.05) is 6.42 Å². The molecule has 0 fully saturated rings. The van der Waals surface area contributed by atoms with Crippen LogP contribution in [-0.4, -0.2) is 23.0 Å². The third-order valence-electron chi connectivity index (χ3n) is 2.34. The maximum atomic E-state index is 10.9. The molecule has 1 rings (SSSR count). The summed E-state index contributed by atoms with van der Waals surface area (Å²) in [5.41, 5.74) is 0.626. The van der Waals surface area contributed by atoms with Gasteiger partial charge in [-0.2, -0.15) is 0 Å². The molecule has 0 radical (unpaired) electrons. The van der Waals surface area contributed by atoms with Crippen molar-refractivity contribution in [3.8, 4) is 0 Å². The Hall–Kier alpha value is 0.0900. The molecule has 0 aliphatic rings. The second kappa shape index (κ2) is 6.14. The second-order valence-electron chi connectivity index (χ2n) is 3.42. The summed E-state index contributed by atoms with van der Waals surface area (Å²) >= 11 is 0. The summed E-state index contributed by atoms with van der Waals surface area (Å²) in [6.07, 6.45) is -0.288. The summed E-state index contributed by atoms with van der Waals surface area (Å²) in [6, 6.07) is 8.57. The molecule has 0 saturated carbocycles. The van der Waals surface area contributed by atoms with Crippen LogP contribution >= 0.6 is 0 Å². The SMILES string of the molecule is CCC(O)(Cc1ccccc1)S(=O)(=O)[O-].[Na+]. The fourth-order valence-electron chi connectivity index (χ4n) is 1.30. The number of rotatable bonds is 4. The van der Waals surface area contributed by atoms with Crippen molar-refractivity contribution in [3.63, 3.8) is 0 Å². The Labute approximate surface area is 118 Å². The van der Waals surface area contributed by atoms with Gasteiger partial charge in [0.1, 0.15) is 10.1 Å². The third kappa shape index (κ3) is 3.84. The van der Waals surface area contributed by atoms with Crippen LogP contribution in [0.25, 0.3) is 0 Å². The summed E-state index contributed by atoms with van der Waals surface area (Å²) in [6.45, 7) is 1.47. The molecule has 1 aromatic carbocycles. The Morgan fingerprint density at radius 3 is 2.19 bits per heavy atom. The molecule has 0 aliphatic heterocycles. The van der Waals surface area contributed by atoms with Gasteiger partial charge in [0.05, 0.1) is 0 Å². The van der Waals surface area contributed by atoms with Crippen molar-refractivity contribution in [1.82, 2.24) is 0 Å². The van der Waals surface area contributed by atoms with Gasteiger partial charge < -0.3 is 9.66 Å². The molecule has 1 aromatic rings. The standard InChI is InChI=1S/C10H14O4S.Na/c1-2-10(11,15(12,13)14)8-9-6-4-3-5-7-9;/h3-7,11H,2,8H2,1H3,(H,12,13,14);/q;+1/p-1. The van der Waals surface area contributed by atoms with Gasteiger partial charge in [-0.25, -0.2) is 8.42 Å². The molecule has 0 amide bonds. The molecule has 84 valence electrons. The van der Waals surface area contributed by atoms with E-state index >= 15 is 0 Å². The van der Waals surface area contributed by atoms with Crippen LogP contribution in [0.15, 0.2) is 30.3 Å². The van der Waals surface area contributed by atoms with Gasteiger partial charge in [0.2, 0.25) is 0 Å². The summed E-state index contributed by atoms with van der Waals surface area (Å²) in [5.74, 6) is 0. The number of benzene rings is 1. The van der Waals surface area contributed by atoms with Crippen LogP contribution in [0, 0.1) is 0 Å². The van der Waals surface area contributed by atoms with Crippen molar-refractivity contribution in [1.29, 1.82) is 0 Å². The molecule has 0 saturated heterocycles. The van der Waals surface area contributed by atoms with E-state index in [1.54, 1.807) is 30.3 Å². The molecule has 1 atom stereocenters. The van der Waals surface area contributed by atoms with Gasteiger partial charge in [-0.15, -0.1) is 0 Å². The van der Waals surface area contributed by atoms with E-state index in [2.05, 4.69) is 0 Å². The summed E-state index contributed by atoms with van der Waals surface area (Å²) in [4.78, 5) is -2.20. The average molecular weight is 252 g/mol. The van der Waals surface area contributed by atoms with Crippen molar-refractivity contribution < 1.29 is 47.6 Å². The van der Waals surface area contributed by atoms with E-state index in [0.717, 1.165) is 0 Å². The quantitative estimate of drug-likeness (QED) is 0.491. The Bertz CT molecular complexity index is 418. The first kappa shape index (κ1) is 16.1. The van der Waals surface area contributed by atoms with Crippen molar-refractivity contribution in [2.24, 2.45) is 0 Å². The van der Waals surface area contributed by atoms with Crippen LogP contribution in [0.1, 0.15) is 18.9 Å². The molecule has 1 unspecified atom stereocenters. The molecule has 1 N–H and O–H groups in total. The minimum Gasteiger partial charge on any atom is -0.746 e. The Morgan fingerprint density at radius 1 is 1.31 bits per heavy atom.